The first-order valence-corrected chi connectivity index (χ1v) is 4.48. The number of carbonyl (C=O) groups is 1. The standard InChI is InChI=1S/C10H8ClNO2/c1-5-6-4-9(10(13)14)12-8(6)3-2-7(5)11/h2-4,12H,1H3,(H,13,14). The summed E-state index contributed by atoms with van der Waals surface area (Å²) in [6, 6.07) is 5.12. The maximum Gasteiger partial charge on any atom is 0.352 e. The van der Waals surface area contributed by atoms with Crippen molar-refractivity contribution in [2.45, 2.75) is 6.92 Å². The average molecular weight is 210 g/mol. The molecule has 1 heterocycles. The number of nitrogens with one attached hydrogen (secondary N) is 1. The van der Waals surface area contributed by atoms with Crippen molar-refractivity contribution < 1.29 is 9.90 Å². The number of aromatic nitrogens is 1. The lowest BCUT2D eigenvalue weighted by Crippen LogP contribution is -1.94. The minimum atomic E-state index is -0.961. The SMILES string of the molecule is Cc1c(Cl)ccc2[nH]c(C(=O)O)cc12. The van der Waals surface area contributed by atoms with Gasteiger partial charge in [0, 0.05) is 15.9 Å². The zero-order chi connectivity index (χ0) is 10.3. The van der Waals surface area contributed by atoms with Gasteiger partial charge in [0.2, 0.25) is 0 Å². The molecule has 2 N–H and O–H groups in total. The highest BCUT2D eigenvalue weighted by molar-refractivity contribution is 6.32. The molecule has 0 aliphatic carbocycles. The van der Waals surface area contributed by atoms with Crippen molar-refractivity contribution in [2.75, 3.05) is 0 Å². The van der Waals surface area contributed by atoms with E-state index in [1.807, 2.05) is 6.92 Å². The molecule has 0 fully saturated rings. The summed E-state index contributed by atoms with van der Waals surface area (Å²) in [5.74, 6) is -0.961. The Labute approximate surface area is 85.3 Å². The van der Waals surface area contributed by atoms with Gasteiger partial charge >= 0.3 is 5.97 Å². The van der Waals surface area contributed by atoms with Crippen LogP contribution in [0, 0.1) is 6.92 Å². The molecule has 0 radical (unpaired) electrons. The van der Waals surface area contributed by atoms with Gasteiger partial charge in [-0.25, -0.2) is 4.79 Å². The second-order valence-electron chi connectivity index (χ2n) is 3.12. The van der Waals surface area contributed by atoms with Crippen molar-refractivity contribution in [1.29, 1.82) is 0 Å². The van der Waals surface area contributed by atoms with Gasteiger partial charge in [-0.15, -0.1) is 0 Å². The maximum atomic E-state index is 10.7. The third kappa shape index (κ3) is 1.26. The molecule has 0 spiro atoms. The Hall–Kier alpha value is -1.48. The van der Waals surface area contributed by atoms with Crippen LogP contribution in [0.1, 0.15) is 16.1 Å². The third-order valence-electron chi connectivity index (χ3n) is 2.24. The van der Waals surface area contributed by atoms with Crippen molar-refractivity contribution in [2.24, 2.45) is 0 Å². The molecule has 0 saturated carbocycles. The monoisotopic (exact) mass is 209 g/mol. The van der Waals surface area contributed by atoms with Gasteiger partial charge < -0.3 is 10.1 Å². The number of aryl methyl sites for hydroxylation is 1. The molecule has 2 aromatic rings. The largest absolute Gasteiger partial charge is 0.477 e. The molecule has 0 aliphatic heterocycles. The highest BCUT2D eigenvalue weighted by Crippen LogP contribution is 2.25. The first kappa shape index (κ1) is 9.09. The summed E-state index contributed by atoms with van der Waals surface area (Å²) in [5.41, 5.74) is 1.88. The lowest BCUT2D eigenvalue weighted by atomic mass is 10.1. The van der Waals surface area contributed by atoms with Gasteiger partial charge in [0.15, 0.2) is 0 Å². The molecule has 4 heteroatoms. The number of carboxylic acids is 1. The molecular weight excluding hydrogens is 202 g/mol. The van der Waals surface area contributed by atoms with E-state index in [9.17, 15) is 4.79 Å². The molecule has 2 rings (SSSR count). The van der Waals surface area contributed by atoms with E-state index in [1.165, 1.54) is 0 Å². The molecule has 72 valence electrons. The Morgan fingerprint density at radius 3 is 2.86 bits per heavy atom. The number of hydrogen-bond donors (Lipinski definition) is 2. The van der Waals surface area contributed by atoms with E-state index in [0.717, 1.165) is 16.5 Å². The Morgan fingerprint density at radius 2 is 2.21 bits per heavy atom. The van der Waals surface area contributed by atoms with Crippen LogP contribution in [0.15, 0.2) is 18.2 Å². The number of hydrogen-bond acceptors (Lipinski definition) is 1. The van der Waals surface area contributed by atoms with Gasteiger partial charge in [-0.2, -0.15) is 0 Å². The van der Waals surface area contributed by atoms with Crippen LogP contribution in [0.5, 0.6) is 0 Å². The second kappa shape index (κ2) is 3.03. The van der Waals surface area contributed by atoms with E-state index >= 15 is 0 Å². The smallest absolute Gasteiger partial charge is 0.352 e. The molecule has 0 aliphatic rings. The summed E-state index contributed by atoms with van der Waals surface area (Å²) in [4.78, 5) is 13.5. The van der Waals surface area contributed by atoms with Crippen molar-refractivity contribution in [1.82, 2.24) is 4.98 Å². The fourth-order valence-electron chi connectivity index (χ4n) is 1.44. The van der Waals surface area contributed by atoms with E-state index in [2.05, 4.69) is 4.98 Å². The number of aromatic carboxylic acids is 1. The quantitative estimate of drug-likeness (QED) is 0.759. The number of H-pyrrole nitrogens is 1. The molecule has 0 bridgehead atoms. The maximum absolute atomic E-state index is 10.7. The highest BCUT2D eigenvalue weighted by atomic mass is 35.5. The van der Waals surface area contributed by atoms with Crippen LogP contribution in [0.4, 0.5) is 0 Å². The summed E-state index contributed by atoms with van der Waals surface area (Å²) in [6.45, 7) is 1.87. The number of benzene rings is 1. The molecule has 0 saturated heterocycles. The van der Waals surface area contributed by atoms with E-state index in [4.69, 9.17) is 16.7 Å². The van der Waals surface area contributed by atoms with E-state index < -0.39 is 5.97 Å². The van der Waals surface area contributed by atoms with Gasteiger partial charge in [0.1, 0.15) is 5.69 Å². The summed E-state index contributed by atoms with van der Waals surface area (Å²) >= 11 is 5.92. The minimum Gasteiger partial charge on any atom is -0.477 e. The van der Waals surface area contributed by atoms with Crippen molar-refractivity contribution >= 4 is 28.5 Å². The number of aromatic amines is 1. The normalized spacial score (nSPS) is 10.7. The van der Waals surface area contributed by atoms with Gasteiger partial charge in [-0.3, -0.25) is 0 Å². The molecule has 0 unspecified atom stereocenters. The predicted octanol–water partition coefficient (Wildman–Crippen LogP) is 2.83. The fourth-order valence-corrected chi connectivity index (χ4v) is 1.60. The second-order valence-corrected chi connectivity index (χ2v) is 3.53. The van der Waals surface area contributed by atoms with Crippen LogP contribution in [0.25, 0.3) is 10.9 Å². The molecule has 1 aromatic heterocycles. The topological polar surface area (TPSA) is 53.1 Å². The number of halogens is 1. The predicted molar refractivity (Wildman–Crippen MR) is 55.0 cm³/mol. The van der Waals surface area contributed by atoms with Crippen LogP contribution >= 0.6 is 11.6 Å². The van der Waals surface area contributed by atoms with E-state index in [1.54, 1.807) is 18.2 Å². The van der Waals surface area contributed by atoms with Crippen LogP contribution in [0.3, 0.4) is 0 Å². The lowest BCUT2D eigenvalue weighted by Gasteiger charge is -1.97. The molecule has 0 amide bonds. The van der Waals surface area contributed by atoms with Crippen molar-refractivity contribution in [3.05, 3.63) is 34.5 Å². The van der Waals surface area contributed by atoms with Crippen LogP contribution in [-0.4, -0.2) is 16.1 Å². The summed E-state index contributed by atoms with van der Waals surface area (Å²) in [7, 11) is 0. The van der Waals surface area contributed by atoms with E-state index in [0.29, 0.717) is 5.02 Å². The van der Waals surface area contributed by atoms with Crippen LogP contribution in [0.2, 0.25) is 5.02 Å². The van der Waals surface area contributed by atoms with E-state index in [-0.39, 0.29) is 5.69 Å². The summed E-state index contributed by atoms with van der Waals surface area (Å²) < 4.78 is 0. The molecule has 14 heavy (non-hydrogen) atoms. The van der Waals surface area contributed by atoms with Crippen molar-refractivity contribution in [3.8, 4) is 0 Å². The third-order valence-corrected chi connectivity index (χ3v) is 2.65. The van der Waals surface area contributed by atoms with Crippen LogP contribution in [-0.2, 0) is 0 Å². The molecule has 1 aromatic carbocycles. The molecule has 0 atom stereocenters. The Kier molecular flexibility index (Phi) is 1.97. The summed E-state index contributed by atoms with van der Waals surface area (Å²) in [6.07, 6.45) is 0. The van der Waals surface area contributed by atoms with Crippen LogP contribution < -0.4 is 0 Å². The number of carboxylic acid groups (broad SMARTS) is 1. The number of fused-ring (bicyclic) bond motifs is 1. The molecular formula is C10H8ClNO2. The van der Waals surface area contributed by atoms with Gasteiger partial charge in [-0.1, -0.05) is 11.6 Å². The first-order chi connectivity index (χ1) is 6.59. The van der Waals surface area contributed by atoms with Gasteiger partial charge in [-0.05, 0) is 30.7 Å². The zero-order valence-electron chi connectivity index (χ0n) is 7.47. The molecule has 3 nitrogen and oxygen atoms in total. The zero-order valence-corrected chi connectivity index (χ0v) is 8.22. The van der Waals surface area contributed by atoms with Crippen molar-refractivity contribution in [3.63, 3.8) is 0 Å². The van der Waals surface area contributed by atoms with Gasteiger partial charge in [0.25, 0.3) is 0 Å². The fraction of sp³-hybridized carbons (Fsp3) is 0.100. The average Bonchev–Trinajstić information content (AvgIpc) is 2.56. The minimum absolute atomic E-state index is 0.186. The highest BCUT2D eigenvalue weighted by Gasteiger charge is 2.09. The Bertz CT molecular complexity index is 516. The lowest BCUT2D eigenvalue weighted by molar-refractivity contribution is 0.0691. The van der Waals surface area contributed by atoms with Gasteiger partial charge in [0.05, 0.1) is 0 Å². The first-order valence-electron chi connectivity index (χ1n) is 4.10. The Morgan fingerprint density at radius 1 is 1.50 bits per heavy atom. The number of rotatable bonds is 1. The Balaban J connectivity index is 2.77. The summed E-state index contributed by atoms with van der Waals surface area (Å²) in [5, 5.41) is 10.3.